The van der Waals surface area contributed by atoms with E-state index in [4.69, 9.17) is 5.73 Å². The van der Waals surface area contributed by atoms with Gasteiger partial charge >= 0.3 is 0 Å². The number of hydrogen-bond acceptors (Lipinski definition) is 6. The first-order valence-corrected chi connectivity index (χ1v) is 7.11. The van der Waals surface area contributed by atoms with Crippen LogP contribution in [0.5, 0.6) is 0 Å². The van der Waals surface area contributed by atoms with Gasteiger partial charge in [0.05, 0.1) is 0 Å². The summed E-state index contributed by atoms with van der Waals surface area (Å²) in [6.45, 7) is 2.98. The van der Waals surface area contributed by atoms with Crippen LogP contribution in [0.15, 0.2) is 17.5 Å². The van der Waals surface area contributed by atoms with Gasteiger partial charge in [0.1, 0.15) is 10.7 Å². The number of aromatic nitrogens is 2. The average molecular weight is 268 g/mol. The van der Waals surface area contributed by atoms with Crippen LogP contribution in [-0.4, -0.2) is 27.6 Å². The van der Waals surface area contributed by atoms with Crippen molar-refractivity contribution >= 4 is 27.9 Å². The largest absolute Gasteiger partial charge is 0.388 e. The predicted octanol–water partition coefficient (Wildman–Crippen LogP) is 2.24. The molecule has 0 spiro atoms. The molecule has 4 nitrogen and oxygen atoms in total. The zero-order valence-corrected chi connectivity index (χ0v) is 11.6. The third-order valence-electron chi connectivity index (χ3n) is 2.81. The first-order valence-electron chi connectivity index (χ1n) is 5.46. The van der Waals surface area contributed by atoms with Crippen molar-refractivity contribution in [1.29, 1.82) is 0 Å². The molecular formula is C11H16N4S2. The molecule has 0 aliphatic rings. The molecule has 0 aliphatic carbocycles. The smallest absolute Gasteiger partial charge is 0.132 e. The van der Waals surface area contributed by atoms with Crippen molar-refractivity contribution in [2.24, 2.45) is 0 Å². The summed E-state index contributed by atoms with van der Waals surface area (Å²) in [6.07, 6.45) is 1.06. The first-order chi connectivity index (χ1) is 8.16. The maximum atomic E-state index is 5.79. The van der Waals surface area contributed by atoms with Crippen LogP contribution in [0.2, 0.25) is 0 Å². The Bertz CT molecular complexity index is 452. The second kappa shape index (κ2) is 5.57. The standard InChI is InChI=1S/C11H16N4S2/c1-8(6-9-4-3-5-16-9)15(2)7-10-11(12)17-14-13-10/h3-5,8H,6-7,12H2,1-2H3. The second-order valence-corrected chi connectivity index (χ2v) is 5.95. The van der Waals surface area contributed by atoms with Crippen LogP contribution >= 0.6 is 22.9 Å². The second-order valence-electron chi connectivity index (χ2n) is 4.13. The summed E-state index contributed by atoms with van der Waals surface area (Å²) in [5, 5.41) is 6.88. The number of nitrogens with two attached hydrogens (primary N) is 1. The molecule has 0 aliphatic heterocycles. The summed E-state index contributed by atoms with van der Waals surface area (Å²) < 4.78 is 3.85. The molecule has 2 aromatic heterocycles. The third kappa shape index (κ3) is 3.24. The SMILES string of the molecule is CC(Cc1cccs1)N(C)Cc1nnsc1N. The molecule has 0 saturated carbocycles. The molecule has 2 aromatic rings. The molecule has 17 heavy (non-hydrogen) atoms. The van der Waals surface area contributed by atoms with Gasteiger partial charge in [0.15, 0.2) is 0 Å². The Balaban J connectivity index is 1.91. The van der Waals surface area contributed by atoms with E-state index < -0.39 is 0 Å². The molecule has 92 valence electrons. The summed E-state index contributed by atoms with van der Waals surface area (Å²) in [6, 6.07) is 4.73. The average Bonchev–Trinajstić information content (AvgIpc) is 2.91. The van der Waals surface area contributed by atoms with Crippen LogP contribution in [-0.2, 0) is 13.0 Å². The van der Waals surface area contributed by atoms with Gasteiger partial charge in [0.25, 0.3) is 0 Å². The number of thiophene rings is 1. The fourth-order valence-corrected chi connectivity index (χ4v) is 2.86. The lowest BCUT2D eigenvalue weighted by Gasteiger charge is -2.23. The predicted molar refractivity (Wildman–Crippen MR) is 73.3 cm³/mol. The van der Waals surface area contributed by atoms with Crippen molar-refractivity contribution in [2.45, 2.75) is 25.9 Å². The van der Waals surface area contributed by atoms with Gasteiger partial charge in [-0.25, -0.2) is 0 Å². The molecule has 1 unspecified atom stereocenters. The monoisotopic (exact) mass is 268 g/mol. The highest BCUT2D eigenvalue weighted by atomic mass is 32.1. The molecule has 6 heteroatoms. The zero-order chi connectivity index (χ0) is 12.3. The lowest BCUT2D eigenvalue weighted by atomic mass is 10.2. The van der Waals surface area contributed by atoms with Crippen LogP contribution < -0.4 is 5.73 Å². The molecule has 0 aromatic carbocycles. The Morgan fingerprint density at radius 1 is 1.53 bits per heavy atom. The van der Waals surface area contributed by atoms with Crippen LogP contribution in [0.3, 0.4) is 0 Å². The minimum absolute atomic E-state index is 0.467. The molecule has 0 saturated heterocycles. The number of likely N-dealkylation sites (N-methyl/N-ethyl adjacent to an activating group) is 1. The molecule has 2 N–H and O–H groups in total. The van der Waals surface area contributed by atoms with Crippen LogP contribution in [0.4, 0.5) is 5.00 Å². The molecule has 0 amide bonds. The summed E-state index contributed by atoms with van der Waals surface area (Å²) in [5.74, 6) is 0. The number of anilines is 1. The maximum absolute atomic E-state index is 5.79. The Morgan fingerprint density at radius 2 is 2.35 bits per heavy atom. The van der Waals surface area contributed by atoms with Crippen molar-refractivity contribution < 1.29 is 0 Å². The van der Waals surface area contributed by atoms with Crippen LogP contribution in [0, 0.1) is 0 Å². The number of nitrogens with zero attached hydrogens (tertiary/aromatic N) is 3. The molecule has 1 atom stereocenters. The fraction of sp³-hybridized carbons (Fsp3) is 0.455. The van der Waals surface area contributed by atoms with Gasteiger partial charge in [0.2, 0.25) is 0 Å². The van der Waals surface area contributed by atoms with E-state index in [1.165, 1.54) is 16.4 Å². The van der Waals surface area contributed by atoms with E-state index in [2.05, 4.69) is 46.0 Å². The Labute approximate surface area is 109 Å². The van der Waals surface area contributed by atoms with E-state index in [9.17, 15) is 0 Å². The van der Waals surface area contributed by atoms with E-state index in [0.717, 1.165) is 23.7 Å². The number of nitrogen functional groups attached to an aromatic ring is 1. The highest BCUT2D eigenvalue weighted by molar-refractivity contribution is 7.10. The lowest BCUT2D eigenvalue weighted by molar-refractivity contribution is 0.246. The Morgan fingerprint density at radius 3 is 2.94 bits per heavy atom. The summed E-state index contributed by atoms with van der Waals surface area (Å²) in [5.41, 5.74) is 6.68. The van der Waals surface area contributed by atoms with Gasteiger partial charge in [-0.3, -0.25) is 4.90 Å². The van der Waals surface area contributed by atoms with E-state index in [-0.39, 0.29) is 0 Å². The van der Waals surface area contributed by atoms with Gasteiger partial charge in [-0.2, -0.15) is 0 Å². The quantitative estimate of drug-likeness (QED) is 0.903. The molecule has 2 rings (SSSR count). The molecule has 0 radical (unpaired) electrons. The minimum atomic E-state index is 0.467. The lowest BCUT2D eigenvalue weighted by Crippen LogP contribution is -2.30. The van der Waals surface area contributed by atoms with Gasteiger partial charge in [-0.1, -0.05) is 10.6 Å². The minimum Gasteiger partial charge on any atom is -0.388 e. The fourth-order valence-electron chi connectivity index (χ4n) is 1.59. The van der Waals surface area contributed by atoms with Crippen molar-refractivity contribution in [3.05, 3.63) is 28.1 Å². The van der Waals surface area contributed by atoms with Crippen molar-refractivity contribution in [3.63, 3.8) is 0 Å². The highest BCUT2D eigenvalue weighted by Gasteiger charge is 2.14. The van der Waals surface area contributed by atoms with Crippen molar-refractivity contribution in [3.8, 4) is 0 Å². The summed E-state index contributed by atoms with van der Waals surface area (Å²) in [7, 11) is 2.09. The molecule has 0 fully saturated rings. The van der Waals surface area contributed by atoms with E-state index in [0.29, 0.717) is 6.04 Å². The number of rotatable bonds is 5. The van der Waals surface area contributed by atoms with E-state index >= 15 is 0 Å². The molecule has 0 bridgehead atoms. The summed E-state index contributed by atoms with van der Waals surface area (Å²) in [4.78, 5) is 3.67. The zero-order valence-electron chi connectivity index (χ0n) is 9.96. The van der Waals surface area contributed by atoms with Gasteiger partial charge < -0.3 is 5.73 Å². The van der Waals surface area contributed by atoms with E-state index in [1.54, 1.807) is 11.3 Å². The van der Waals surface area contributed by atoms with Crippen LogP contribution in [0.1, 0.15) is 17.5 Å². The maximum Gasteiger partial charge on any atom is 0.132 e. The Kier molecular flexibility index (Phi) is 4.09. The van der Waals surface area contributed by atoms with E-state index in [1.807, 2.05) is 0 Å². The first kappa shape index (κ1) is 12.5. The highest BCUT2D eigenvalue weighted by Crippen LogP contribution is 2.18. The van der Waals surface area contributed by atoms with Gasteiger partial charge in [-0.15, -0.1) is 16.4 Å². The topological polar surface area (TPSA) is 55.0 Å². The normalized spacial score (nSPS) is 13.1. The molecular weight excluding hydrogens is 252 g/mol. The van der Waals surface area contributed by atoms with Crippen LogP contribution in [0.25, 0.3) is 0 Å². The Hall–Kier alpha value is -0.980. The summed E-state index contributed by atoms with van der Waals surface area (Å²) >= 11 is 3.06. The molecule has 2 heterocycles. The number of hydrogen-bond donors (Lipinski definition) is 1. The van der Waals surface area contributed by atoms with Gasteiger partial charge in [-0.05, 0) is 31.8 Å². The van der Waals surface area contributed by atoms with Crippen molar-refractivity contribution in [2.75, 3.05) is 12.8 Å². The van der Waals surface area contributed by atoms with Gasteiger partial charge in [0, 0.05) is 29.0 Å². The van der Waals surface area contributed by atoms with Crippen molar-refractivity contribution in [1.82, 2.24) is 14.5 Å². The third-order valence-corrected chi connectivity index (χ3v) is 4.31.